The normalized spacial score (nSPS) is 15.7. The summed E-state index contributed by atoms with van der Waals surface area (Å²) in [6.07, 6.45) is 1.97. The average Bonchev–Trinajstić information content (AvgIpc) is 3.14. The smallest absolute Gasteiger partial charge is 0.191 e. The van der Waals surface area contributed by atoms with E-state index in [1.807, 2.05) is 23.9 Å². The Morgan fingerprint density at radius 2 is 2.07 bits per heavy atom. The highest BCUT2D eigenvalue weighted by Crippen LogP contribution is 2.28. The molecular formula is C20H30IN5O. The molecule has 2 N–H and O–H groups in total. The quantitative estimate of drug-likeness (QED) is 0.377. The van der Waals surface area contributed by atoms with Crippen LogP contribution >= 0.6 is 24.0 Å². The van der Waals surface area contributed by atoms with Crippen molar-refractivity contribution in [3.05, 3.63) is 46.8 Å². The van der Waals surface area contributed by atoms with Gasteiger partial charge in [-0.05, 0) is 44.4 Å². The SMILES string of the molecule is CCNC(=NCC1Cc2ccccc2O1)NCCc1c(C)nn(C)c1C.I. The van der Waals surface area contributed by atoms with Crippen LogP contribution in [-0.2, 0) is 19.9 Å². The molecular weight excluding hydrogens is 453 g/mol. The number of aromatic nitrogens is 2. The molecule has 1 aliphatic rings. The molecule has 0 bridgehead atoms. The summed E-state index contributed by atoms with van der Waals surface area (Å²) in [6, 6.07) is 8.22. The Hall–Kier alpha value is -1.77. The number of nitrogens with one attached hydrogen (secondary N) is 2. The fourth-order valence-electron chi connectivity index (χ4n) is 3.38. The van der Waals surface area contributed by atoms with E-state index in [1.54, 1.807) is 0 Å². The summed E-state index contributed by atoms with van der Waals surface area (Å²) < 4.78 is 7.91. The molecule has 6 nitrogen and oxygen atoms in total. The predicted molar refractivity (Wildman–Crippen MR) is 120 cm³/mol. The fraction of sp³-hybridized carbons (Fsp3) is 0.500. The van der Waals surface area contributed by atoms with E-state index in [1.165, 1.54) is 16.8 Å². The summed E-state index contributed by atoms with van der Waals surface area (Å²) in [5.74, 6) is 1.83. The van der Waals surface area contributed by atoms with Gasteiger partial charge in [0.2, 0.25) is 0 Å². The maximum atomic E-state index is 5.97. The van der Waals surface area contributed by atoms with Gasteiger partial charge in [0.1, 0.15) is 11.9 Å². The Bertz CT molecular complexity index is 762. The molecule has 2 heterocycles. The highest BCUT2D eigenvalue weighted by molar-refractivity contribution is 14.0. The molecule has 0 aliphatic carbocycles. The van der Waals surface area contributed by atoms with E-state index >= 15 is 0 Å². The first-order valence-corrected chi connectivity index (χ1v) is 9.34. The van der Waals surface area contributed by atoms with Crippen LogP contribution < -0.4 is 15.4 Å². The summed E-state index contributed by atoms with van der Waals surface area (Å²) in [4.78, 5) is 4.71. The van der Waals surface area contributed by atoms with Gasteiger partial charge in [0.15, 0.2) is 5.96 Å². The molecule has 0 spiro atoms. The van der Waals surface area contributed by atoms with Crippen LogP contribution in [-0.4, -0.2) is 41.5 Å². The van der Waals surface area contributed by atoms with Crippen molar-refractivity contribution in [2.24, 2.45) is 12.0 Å². The first kappa shape index (κ1) is 21.5. The summed E-state index contributed by atoms with van der Waals surface area (Å²) in [7, 11) is 1.99. The lowest BCUT2D eigenvalue weighted by Gasteiger charge is -2.13. The lowest BCUT2D eigenvalue weighted by atomic mass is 10.1. The molecule has 1 atom stereocenters. The highest BCUT2D eigenvalue weighted by atomic mass is 127. The van der Waals surface area contributed by atoms with Crippen molar-refractivity contribution in [2.75, 3.05) is 19.6 Å². The predicted octanol–water partition coefficient (Wildman–Crippen LogP) is 2.76. The molecule has 0 saturated heterocycles. The van der Waals surface area contributed by atoms with Crippen molar-refractivity contribution in [1.29, 1.82) is 0 Å². The maximum Gasteiger partial charge on any atom is 0.191 e. The van der Waals surface area contributed by atoms with Crippen LogP contribution in [0, 0.1) is 13.8 Å². The van der Waals surface area contributed by atoms with Crippen LogP contribution in [0.3, 0.4) is 0 Å². The van der Waals surface area contributed by atoms with E-state index in [9.17, 15) is 0 Å². The molecule has 27 heavy (non-hydrogen) atoms. The molecule has 1 unspecified atom stereocenters. The van der Waals surface area contributed by atoms with Gasteiger partial charge >= 0.3 is 0 Å². The van der Waals surface area contributed by atoms with E-state index in [0.717, 1.165) is 43.3 Å². The number of hydrogen-bond acceptors (Lipinski definition) is 3. The number of hydrogen-bond donors (Lipinski definition) is 2. The largest absolute Gasteiger partial charge is 0.488 e. The second-order valence-corrected chi connectivity index (χ2v) is 6.72. The topological polar surface area (TPSA) is 63.5 Å². The van der Waals surface area contributed by atoms with Gasteiger partial charge in [-0.15, -0.1) is 24.0 Å². The lowest BCUT2D eigenvalue weighted by molar-refractivity contribution is 0.241. The number of nitrogens with zero attached hydrogens (tertiary/aromatic N) is 3. The first-order chi connectivity index (χ1) is 12.6. The van der Waals surface area contributed by atoms with Crippen molar-refractivity contribution in [2.45, 2.75) is 39.7 Å². The summed E-state index contributed by atoms with van der Waals surface area (Å²) >= 11 is 0. The number of benzene rings is 1. The van der Waals surface area contributed by atoms with Crippen molar-refractivity contribution in [1.82, 2.24) is 20.4 Å². The van der Waals surface area contributed by atoms with E-state index in [2.05, 4.69) is 48.6 Å². The zero-order valence-corrected chi connectivity index (χ0v) is 18.9. The standard InChI is InChI=1S/C20H29N5O.HI/c1-5-21-20(22-11-10-18-14(2)24-25(4)15(18)3)23-13-17-12-16-8-6-7-9-19(16)26-17;/h6-9,17H,5,10-13H2,1-4H3,(H2,21,22,23);1H. The van der Waals surface area contributed by atoms with Gasteiger partial charge in [-0.1, -0.05) is 18.2 Å². The second kappa shape index (κ2) is 9.96. The minimum atomic E-state index is 0. The monoisotopic (exact) mass is 483 g/mol. The molecule has 1 aliphatic heterocycles. The molecule has 0 fully saturated rings. The third kappa shape index (κ3) is 5.37. The van der Waals surface area contributed by atoms with Gasteiger partial charge in [0.05, 0.1) is 12.2 Å². The van der Waals surface area contributed by atoms with Crippen LogP contribution in [0.25, 0.3) is 0 Å². The number of rotatable bonds is 6. The van der Waals surface area contributed by atoms with Gasteiger partial charge in [0, 0.05) is 32.3 Å². The number of guanidine groups is 1. The molecule has 1 aromatic carbocycles. The molecule has 0 saturated carbocycles. The van der Waals surface area contributed by atoms with Gasteiger partial charge in [0.25, 0.3) is 0 Å². The van der Waals surface area contributed by atoms with Crippen molar-refractivity contribution in [3.8, 4) is 5.75 Å². The Balaban J connectivity index is 0.00000261. The molecule has 0 amide bonds. The first-order valence-electron chi connectivity index (χ1n) is 9.34. The number of ether oxygens (including phenoxy) is 1. The van der Waals surface area contributed by atoms with E-state index in [4.69, 9.17) is 9.73 Å². The van der Waals surface area contributed by atoms with Gasteiger partial charge in [-0.25, -0.2) is 4.99 Å². The van der Waals surface area contributed by atoms with Crippen molar-refractivity contribution in [3.63, 3.8) is 0 Å². The average molecular weight is 483 g/mol. The summed E-state index contributed by atoms with van der Waals surface area (Å²) in [5.41, 5.74) is 4.91. The van der Waals surface area contributed by atoms with Crippen molar-refractivity contribution >= 4 is 29.9 Å². The van der Waals surface area contributed by atoms with Crippen LogP contribution in [0.4, 0.5) is 0 Å². The third-order valence-electron chi connectivity index (χ3n) is 4.84. The molecule has 2 aromatic rings. The number of para-hydroxylation sites is 1. The van der Waals surface area contributed by atoms with Gasteiger partial charge in [-0.2, -0.15) is 5.10 Å². The van der Waals surface area contributed by atoms with Crippen molar-refractivity contribution < 1.29 is 4.74 Å². The molecule has 1 aromatic heterocycles. The van der Waals surface area contributed by atoms with Crippen LogP contribution in [0.15, 0.2) is 29.3 Å². The molecule has 7 heteroatoms. The molecule has 148 valence electrons. The summed E-state index contributed by atoms with van der Waals surface area (Å²) in [5, 5.41) is 11.2. The highest BCUT2D eigenvalue weighted by Gasteiger charge is 2.21. The third-order valence-corrected chi connectivity index (χ3v) is 4.84. The molecule has 0 radical (unpaired) electrons. The van der Waals surface area contributed by atoms with Crippen LogP contribution in [0.2, 0.25) is 0 Å². The summed E-state index contributed by atoms with van der Waals surface area (Å²) in [6.45, 7) is 8.57. The van der Waals surface area contributed by atoms with Gasteiger partial charge in [-0.3, -0.25) is 4.68 Å². The number of aliphatic imine (C=N–C) groups is 1. The minimum Gasteiger partial charge on any atom is -0.488 e. The number of aryl methyl sites for hydroxylation is 2. The Morgan fingerprint density at radius 1 is 1.30 bits per heavy atom. The van der Waals surface area contributed by atoms with Gasteiger partial charge < -0.3 is 15.4 Å². The number of fused-ring (bicyclic) bond motifs is 1. The van der Waals surface area contributed by atoms with Crippen LogP contribution in [0.5, 0.6) is 5.75 Å². The number of halogens is 1. The lowest BCUT2D eigenvalue weighted by Crippen LogP contribution is -2.39. The molecule has 3 rings (SSSR count). The maximum absolute atomic E-state index is 5.97. The Labute approximate surface area is 178 Å². The van der Waals surface area contributed by atoms with E-state index in [0.29, 0.717) is 6.54 Å². The fourth-order valence-corrected chi connectivity index (χ4v) is 3.38. The van der Waals surface area contributed by atoms with Crippen LogP contribution in [0.1, 0.15) is 29.4 Å². The van der Waals surface area contributed by atoms with E-state index in [-0.39, 0.29) is 30.1 Å². The second-order valence-electron chi connectivity index (χ2n) is 6.72. The van der Waals surface area contributed by atoms with E-state index < -0.39 is 0 Å². The Morgan fingerprint density at radius 3 is 2.74 bits per heavy atom. The zero-order chi connectivity index (χ0) is 18.5. The Kier molecular flexibility index (Phi) is 7.94. The zero-order valence-electron chi connectivity index (χ0n) is 16.6. The minimum absolute atomic E-state index is 0.